The van der Waals surface area contributed by atoms with Crippen LogP contribution < -0.4 is 0 Å². The Morgan fingerprint density at radius 1 is 1.17 bits per heavy atom. The van der Waals surface area contributed by atoms with E-state index in [1.54, 1.807) is 6.92 Å². The van der Waals surface area contributed by atoms with E-state index < -0.39 is 9.84 Å². The molecule has 128 valence electrons. The average molecular weight is 337 g/mol. The normalized spacial score (nSPS) is 16.5. The third-order valence-electron chi connectivity index (χ3n) is 4.68. The molecule has 1 saturated heterocycles. The van der Waals surface area contributed by atoms with Crippen LogP contribution in [0.15, 0.2) is 24.3 Å². The summed E-state index contributed by atoms with van der Waals surface area (Å²) in [4.78, 5) is 14.1. The highest BCUT2D eigenvalue weighted by Gasteiger charge is 2.29. The molecule has 0 spiro atoms. The molecule has 0 unspecified atom stereocenters. The van der Waals surface area contributed by atoms with Crippen LogP contribution in [-0.4, -0.2) is 43.3 Å². The van der Waals surface area contributed by atoms with E-state index in [2.05, 4.69) is 31.2 Å². The summed E-state index contributed by atoms with van der Waals surface area (Å²) in [5.74, 6) is 0.353. The maximum atomic E-state index is 12.2. The highest BCUT2D eigenvalue weighted by Crippen LogP contribution is 2.19. The molecule has 1 aliphatic heterocycles. The molecular weight excluding hydrogens is 310 g/mol. The minimum atomic E-state index is -2.96. The lowest BCUT2D eigenvalue weighted by Crippen LogP contribution is -2.42. The maximum Gasteiger partial charge on any atom is 0.222 e. The highest BCUT2D eigenvalue weighted by atomic mass is 32.2. The Kier molecular flexibility index (Phi) is 6.22. The van der Waals surface area contributed by atoms with Crippen molar-refractivity contribution in [3.63, 3.8) is 0 Å². The van der Waals surface area contributed by atoms with Gasteiger partial charge < -0.3 is 4.90 Å². The number of amides is 1. The number of hydrogen-bond acceptors (Lipinski definition) is 3. The van der Waals surface area contributed by atoms with Crippen LogP contribution in [0, 0.1) is 6.92 Å². The standard InChI is InChI=1S/C18H27NO3S/c1-3-23(21,22)17-11-13-19(14-12-17)18(20)6-4-5-16-9-7-15(2)8-10-16/h7-10,17H,3-6,11-14H2,1-2H3. The van der Waals surface area contributed by atoms with Gasteiger partial charge in [-0.2, -0.15) is 0 Å². The molecule has 1 fully saturated rings. The second-order valence-electron chi connectivity index (χ2n) is 6.37. The van der Waals surface area contributed by atoms with Crippen LogP contribution in [-0.2, 0) is 21.1 Å². The van der Waals surface area contributed by atoms with Gasteiger partial charge in [-0.15, -0.1) is 0 Å². The lowest BCUT2D eigenvalue weighted by molar-refractivity contribution is -0.132. The number of rotatable bonds is 6. The Morgan fingerprint density at radius 2 is 1.78 bits per heavy atom. The highest BCUT2D eigenvalue weighted by molar-refractivity contribution is 7.92. The van der Waals surface area contributed by atoms with E-state index in [0.717, 1.165) is 12.8 Å². The van der Waals surface area contributed by atoms with Gasteiger partial charge in [-0.3, -0.25) is 4.79 Å². The first-order chi connectivity index (χ1) is 10.9. The number of likely N-dealkylation sites (tertiary alicyclic amines) is 1. The van der Waals surface area contributed by atoms with Gasteiger partial charge in [0.1, 0.15) is 0 Å². The van der Waals surface area contributed by atoms with Gasteiger partial charge in [0.15, 0.2) is 9.84 Å². The van der Waals surface area contributed by atoms with Crippen LogP contribution in [0.3, 0.4) is 0 Å². The van der Waals surface area contributed by atoms with Gasteiger partial charge >= 0.3 is 0 Å². The van der Waals surface area contributed by atoms with E-state index in [-0.39, 0.29) is 16.9 Å². The van der Waals surface area contributed by atoms with Crippen molar-refractivity contribution < 1.29 is 13.2 Å². The molecule has 1 aromatic rings. The second kappa shape index (κ2) is 7.95. The number of aryl methyl sites for hydroxylation is 2. The van der Waals surface area contributed by atoms with E-state index >= 15 is 0 Å². The van der Waals surface area contributed by atoms with E-state index in [4.69, 9.17) is 0 Å². The average Bonchev–Trinajstić information content (AvgIpc) is 2.56. The van der Waals surface area contributed by atoms with Crippen LogP contribution in [0.5, 0.6) is 0 Å². The van der Waals surface area contributed by atoms with Crippen molar-refractivity contribution >= 4 is 15.7 Å². The van der Waals surface area contributed by atoms with Gasteiger partial charge in [0.25, 0.3) is 0 Å². The lowest BCUT2D eigenvalue weighted by atomic mass is 10.1. The largest absolute Gasteiger partial charge is 0.343 e. The second-order valence-corrected chi connectivity index (χ2v) is 8.94. The number of hydrogen-bond donors (Lipinski definition) is 0. The van der Waals surface area contributed by atoms with Crippen molar-refractivity contribution in [1.82, 2.24) is 4.90 Å². The van der Waals surface area contributed by atoms with Crippen molar-refractivity contribution in [2.45, 2.75) is 51.2 Å². The van der Waals surface area contributed by atoms with Crippen molar-refractivity contribution in [3.8, 4) is 0 Å². The minimum Gasteiger partial charge on any atom is -0.343 e. The zero-order valence-corrected chi connectivity index (χ0v) is 14.9. The van der Waals surface area contributed by atoms with Gasteiger partial charge in [0, 0.05) is 25.3 Å². The summed E-state index contributed by atoms with van der Waals surface area (Å²) >= 11 is 0. The first kappa shape index (κ1) is 18.0. The van der Waals surface area contributed by atoms with Crippen LogP contribution in [0.2, 0.25) is 0 Å². The number of piperidine rings is 1. The van der Waals surface area contributed by atoms with Gasteiger partial charge in [-0.05, 0) is 38.2 Å². The lowest BCUT2D eigenvalue weighted by Gasteiger charge is -2.31. The molecule has 0 aromatic heterocycles. The number of sulfone groups is 1. The monoisotopic (exact) mass is 337 g/mol. The van der Waals surface area contributed by atoms with Gasteiger partial charge in [0.05, 0.1) is 5.25 Å². The van der Waals surface area contributed by atoms with Crippen molar-refractivity contribution in [3.05, 3.63) is 35.4 Å². The fourth-order valence-corrected chi connectivity index (χ4v) is 4.46. The molecule has 0 saturated carbocycles. The summed E-state index contributed by atoms with van der Waals surface area (Å²) in [7, 11) is -2.96. The topological polar surface area (TPSA) is 54.5 Å². The zero-order chi connectivity index (χ0) is 16.9. The van der Waals surface area contributed by atoms with Crippen LogP contribution in [0.1, 0.15) is 43.7 Å². The summed E-state index contributed by atoms with van der Waals surface area (Å²) in [6.07, 6.45) is 3.46. The maximum absolute atomic E-state index is 12.2. The molecule has 0 bridgehead atoms. The fourth-order valence-electron chi connectivity index (χ4n) is 3.06. The molecule has 1 aliphatic rings. The molecule has 1 amide bonds. The number of carbonyl (C=O) groups is 1. The third-order valence-corrected chi connectivity index (χ3v) is 6.97. The SMILES string of the molecule is CCS(=O)(=O)C1CCN(C(=O)CCCc2ccc(C)cc2)CC1. The summed E-state index contributed by atoms with van der Waals surface area (Å²) in [5, 5.41) is -0.260. The fraction of sp³-hybridized carbons (Fsp3) is 0.611. The molecule has 0 radical (unpaired) electrons. The molecule has 4 nitrogen and oxygen atoms in total. The van der Waals surface area contributed by atoms with Gasteiger partial charge in [-0.25, -0.2) is 8.42 Å². The molecule has 0 atom stereocenters. The summed E-state index contributed by atoms with van der Waals surface area (Å²) < 4.78 is 23.8. The molecule has 0 N–H and O–H groups in total. The Balaban J connectivity index is 1.74. The van der Waals surface area contributed by atoms with Crippen LogP contribution >= 0.6 is 0 Å². The molecular formula is C18H27NO3S. The van der Waals surface area contributed by atoms with Gasteiger partial charge in [-0.1, -0.05) is 36.8 Å². The number of carbonyl (C=O) groups excluding carboxylic acids is 1. The van der Waals surface area contributed by atoms with E-state index in [1.165, 1.54) is 11.1 Å². The number of benzene rings is 1. The first-order valence-electron chi connectivity index (χ1n) is 8.47. The van der Waals surface area contributed by atoms with Crippen LogP contribution in [0.4, 0.5) is 0 Å². The number of nitrogens with zero attached hydrogens (tertiary/aromatic N) is 1. The Labute approximate surface area is 139 Å². The zero-order valence-electron chi connectivity index (χ0n) is 14.1. The minimum absolute atomic E-state index is 0.157. The molecule has 0 aliphatic carbocycles. The van der Waals surface area contributed by atoms with E-state index in [1.807, 2.05) is 4.90 Å². The summed E-state index contributed by atoms with van der Waals surface area (Å²) in [6, 6.07) is 8.41. The van der Waals surface area contributed by atoms with E-state index in [9.17, 15) is 13.2 Å². The van der Waals surface area contributed by atoms with Crippen molar-refractivity contribution in [2.75, 3.05) is 18.8 Å². The van der Waals surface area contributed by atoms with Crippen molar-refractivity contribution in [1.29, 1.82) is 0 Å². The molecule has 1 heterocycles. The molecule has 1 aromatic carbocycles. The van der Waals surface area contributed by atoms with E-state index in [0.29, 0.717) is 32.4 Å². The molecule has 5 heteroatoms. The summed E-state index contributed by atoms with van der Waals surface area (Å²) in [5.41, 5.74) is 2.51. The smallest absolute Gasteiger partial charge is 0.222 e. The quantitative estimate of drug-likeness (QED) is 0.802. The van der Waals surface area contributed by atoms with Crippen molar-refractivity contribution in [2.24, 2.45) is 0 Å². The molecule has 23 heavy (non-hydrogen) atoms. The Morgan fingerprint density at radius 3 is 2.35 bits per heavy atom. The Bertz CT molecular complexity index is 614. The predicted octanol–water partition coefficient (Wildman–Crippen LogP) is 2.74. The third kappa shape index (κ3) is 5.06. The Hall–Kier alpha value is -1.36. The molecule has 2 rings (SSSR count). The summed E-state index contributed by atoms with van der Waals surface area (Å²) in [6.45, 7) is 4.91. The predicted molar refractivity (Wildman–Crippen MR) is 93.2 cm³/mol. The first-order valence-corrected chi connectivity index (χ1v) is 10.2. The van der Waals surface area contributed by atoms with Gasteiger partial charge in [0.2, 0.25) is 5.91 Å². The van der Waals surface area contributed by atoms with Crippen LogP contribution in [0.25, 0.3) is 0 Å².